The van der Waals surface area contributed by atoms with E-state index in [0.717, 1.165) is 31.6 Å². The molecule has 172 valence electrons. The van der Waals surface area contributed by atoms with E-state index in [0.29, 0.717) is 17.3 Å². The first-order valence-corrected chi connectivity index (χ1v) is 12.4. The predicted molar refractivity (Wildman–Crippen MR) is 117 cm³/mol. The van der Waals surface area contributed by atoms with E-state index in [9.17, 15) is 15.3 Å². The third-order valence-electron chi connectivity index (χ3n) is 12.2. The first-order valence-electron chi connectivity index (χ1n) is 12.4. The Hall–Kier alpha value is -0.160. The van der Waals surface area contributed by atoms with E-state index in [4.69, 9.17) is 4.74 Å². The molecule has 1 aliphatic heterocycles. The van der Waals surface area contributed by atoms with Crippen molar-refractivity contribution in [2.45, 2.75) is 110 Å². The molecule has 11 unspecified atom stereocenters. The predicted octanol–water partition coefficient (Wildman–Crippen LogP) is 4.15. The van der Waals surface area contributed by atoms with Crippen LogP contribution >= 0.6 is 0 Å². The molecule has 4 aliphatic carbocycles. The van der Waals surface area contributed by atoms with Gasteiger partial charge in [0.15, 0.2) is 0 Å². The molecule has 4 saturated carbocycles. The molecule has 0 aromatic carbocycles. The maximum atomic E-state index is 12.5. The standard InChI is InChI=1S/C26H44O4/c1-15-10-12-22(4)17(21(15,2)3)11-13-23(5)18(22)9-8-16-19-24(6,28)14-30-25(19,7)20(27)26(16,23)29/h15-20,27-29H,8-14H2,1-7H3. The van der Waals surface area contributed by atoms with Crippen LogP contribution in [0.2, 0.25) is 0 Å². The zero-order valence-corrected chi connectivity index (χ0v) is 20.2. The summed E-state index contributed by atoms with van der Waals surface area (Å²) in [5, 5.41) is 35.3. The van der Waals surface area contributed by atoms with Gasteiger partial charge in [-0.05, 0) is 86.9 Å². The Morgan fingerprint density at radius 3 is 2.17 bits per heavy atom. The minimum atomic E-state index is -1.21. The molecule has 0 bridgehead atoms. The van der Waals surface area contributed by atoms with Crippen molar-refractivity contribution >= 4 is 0 Å². The summed E-state index contributed by atoms with van der Waals surface area (Å²) >= 11 is 0. The van der Waals surface area contributed by atoms with Gasteiger partial charge in [0, 0.05) is 11.3 Å². The summed E-state index contributed by atoms with van der Waals surface area (Å²) in [5.41, 5.74) is -2.95. The Morgan fingerprint density at radius 1 is 0.833 bits per heavy atom. The second-order valence-electron chi connectivity index (χ2n) is 13.5. The fourth-order valence-electron chi connectivity index (χ4n) is 10.4. The lowest BCUT2D eigenvalue weighted by Gasteiger charge is -2.69. The minimum Gasteiger partial charge on any atom is -0.387 e. The van der Waals surface area contributed by atoms with Crippen molar-refractivity contribution in [1.29, 1.82) is 0 Å². The third-order valence-corrected chi connectivity index (χ3v) is 12.2. The number of aliphatic hydroxyl groups is 3. The second kappa shape index (κ2) is 5.85. The molecule has 3 N–H and O–H groups in total. The van der Waals surface area contributed by atoms with Crippen LogP contribution in [0.3, 0.4) is 0 Å². The lowest BCUT2D eigenvalue weighted by atomic mass is 9.36. The number of fused-ring (bicyclic) bond motifs is 7. The van der Waals surface area contributed by atoms with E-state index in [-0.39, 0.29) is 29.3 Å². The average molecular weight is 421 g/mol. The summed E-state index contributed by atoms with van der Waals surface area (Å²) < 4.78 is 6.09. The highest BCUT2D eigenvalue weighted by Crippen LogP contribution is 2.75. The summed E-state index contributed by atoms with van der Waals surface area (Å²) in [4.78, 5) is 0. The molecule has 4 nitrogen and oxygen atoms in total. The molecule has 0 spiro atoms. The van der Waals surface area contributed by atoms with E-state index < -0.39 is 22.9 Å². The van der Waals surface area contributed by atoms with Gasteiger partial charge >= 0.3 is 0 Å². The zero-order chi connectivity index (χ0) is 22.1. The summed E-state index contributed by atoms with van der Waals surface area (Å²) in [5.74, 6) is 1.42. The van der Waals surface area contributed by atoms with Gasteiger partial charge in [0.2, 0.25) is 0 Å². The lowest BCUT2D eigenvalue weighted by Crippen LogP contribution is -2.70. The van der Waals surface area contributed by atoms with E-state index in [1.807, 2.05) is 13.8 Å². The molecule has 5 aliphatic rings. The smallest absolute Gasteiger partial charge is 0.113 e. The van der Waals surface area contributed by atoms with Crippen LogP contribution in [-0.4, -0.2) is 44.8 Å². The Bertz CT molecular complexity index is 747. The fraction of sp³-hybridized carbons (Fsp3) is 1.00. The van der Waals surface area contributed by atoms with Gasteiger partial charge in [-0.15, -0.1) is 0 Å². The molecule has 0 amide bonds. The van der Waals surface area contributed by atoms with E-state index >= 15 is 0 Å². The largest absolute Gasteiger partial charge is 0.387 e. The monoisotopic (exact) mass is 420 g/mol. The zero-order valence-electron chi connectivity index (χ0n) is 20.2. The quantitative estimate of drug-likeness (QED) is 0.550. The molecule has 5 fully saturated rings. The van der Waals surface area contributed by atoms with Crippen LogP contribution in [0, 0.1) is 45.8 Å². The highest BCUT2D eigenvalue weighted by atomic mass is 16.5. The van der Waals surface area contributed by atoms with Crippen LogP contribution in [-0.2, 0) is 4.74 Å². The SMILES string of the molecule is CC1CCC2(C)C(CCC3(C)C2CCC2C4C(C)(O)COC4(C)C(O)C23O)C1(C)C. The van der Waals surface area contributed by atoms with Gasteiger partial charge in [-0.1, -0.05) is 34.6 Å². The topological polar surface area (TPSA) is 69.9 Å². The Kier molecular flexibility index (Phi) is 4.22. The molecule has 1 saturated heterocycles. The fourth-order valence-corrected chi connectivity index (χ4v) is 10.4. The Balaban J connectivity index is 1.60. The van der Waals surface area contributed by atoms with Crippen molar-refractivity contribution in [1.82, 2.24) is 0 Å². The Labute approximate surface area is 182 Å². The first kappa shape index (κ1) is 21.7. The number of ether oxygens (including phenoxy) is 1. The summed E-state index contributed by atoms with van der Waals surface area (Å²) in [6.07, 6.45) is 5.51. The van der Waals surface area contributed by atoms with Crippen molar-refractivity contribution in [2.75, 3.05) is 6.61 Å². The van der Waals surface area contributed by atoms with Gasteiger partial charge < -0.3 is 20.1 Å². The number of hydrogen-bond donors (Lipinski definition) is 3. The maximum Gasteiger partial charge on any atom is 0.113 e. The highest BCUT2D eigenvalue weighted by Gasteiger charge is 2.80. The maximum absolute atomic E-state index is 12.5. The van der Waals surface area contributed by atoms with E-state index in [1.54, 1.807) is 0 Å². The van der Waals surface area contributed by atoms with Crippen molar-refractivity contribution in [3.8, 4) is 0 Å². The normalized spacial score (nSPS) is 64.2. The van der Waals surface area contributed by atoms with Crippen LogP contribution < -0.4 is 0 Å². The van der Waals surface area contributed by atoms with Gasteiger partial charge in [-0.25, -0.2) is 0 Å². The number of hydrogen-bond acceptors (Lipinski definition) is 4. The van der Waals surface area contributed by atoms with Crippen molar-refractivity contribution in [3.63, 3.8) is 0 Å². The van der Waals surface area contributed by atoms with Gasteiger partial charge in [-0.3, -0.25) is 0 Å². The van der Waals surface area contributed by atoms with Crippen LogP contribution in [0.15, 0.2) is 0 Å². The average Bonchev–Trinajstić information content (AvgIpc) is 3.00. The molecular weight excluding hydrogens is 376 g/mol. The lowest BCUT2D eigenvalue weighted by molar-refractivity contribution is -0.278. The Morgan fingerprint density at radius 2 is 1.50 bits per heavy atom. The second-order valence-corrected chi connectivity index (χ2v) is 13.5. The first-order chi connectivity index (χ1) is 13.7. The highest BCUT2D eigenvalue weighted by molar-refractivity contribution is 5.29. The number of rotatable bonds is 0. The number of aliphatic hydroxyl groups excluding tert-OH is 1. The van der Waals surface area contributed by atoms with Crippen molar-refractivity contribution < 1.29 is 20.1 Å². The molecule has 30 heavy (non-hydrogen) atoms. The minimum absolute atomic E-state index is 0.119. The summed E-state index contributed by atoms with van der Waals surface area (Å²) in [6, 6.07) is 0. The van der Waals surface area contributed by atoms with Crippen molar-refractivity contribution in [3.05, 3.63) is 0 Å². The molecule has 5 rings (SSSR count). The summed E-state index contributed by atoms with van der Waals surface area (Å²) in [7, 11) is 0. The summed E-state index contributed by atoms with van der Waals surface area (Å²) in [6.45, 7) is 16.1. The third kappa shape index (κ3) is 2.14. The molecule has 1 heterocycles. The van der Waals surface area contributed by atoms with Crippen LogP contribution in [0.1, 0.15) is 87.0 Å². The van der Waals surface area contributed by atoms with E-state index in [1.165, 1.54) is 12.8 Å². The molecule has 11 atom stereocenters. The molecule has 4 heteroatoms. The molecule has 0 radical (unpaired) electrons. The van der Waals surface area contributed by atoms with Crippen LogP contribution in [0.5, 0.6) is 0 Å². The molecule has 0 aromatic rings. The van der Waals surface area contributed by atoms with Gasteiger partial charge in [0.25, 0.3) is 0 Å². The van der Waals surface area contributed by atoms with Crippen molar-refractivity contribution in [2.24, 2.45) is 45.8 Å². The van der Waals surface area contributed by atoms with E-state index in [2.05, 4.69) is 34.6 Å². The van der Waals surface area contributed by atoms with Crippen LogP contribution in [0.25, 0.3) is 0 Å². The van der Waals surface area contributed by atoms with Crippen LogP contribution in [0.4, 0.5) is 0 Å². The van der Waals surface area contributed by atoms with Gasteiger partial charge in [-0.2, -0.15) is 0 Å². The van der Waals surface area contributed by atoms with Gasteiger partial charge in [0.1, 0.15) is 17.3 Å². The molecular formula is C26H44O4. The van der Waals surface area contributed by atoms with Gasteiger partial charge in [0.05, 0.1) is 12.2 Å². The molecule has 0 aromatic heterocycles.